The predicted molar refractivity (Wildman–Crippen MR) is 88.4 cm³/mol. The lowest BCUT2D eigenvalue weighted by Crippen LogP contribution is -2.43. The van der Waals surface area contributed by atoms with Crippen molar-refractivity contribution in [1.82, 2.24) is 14.7 Å². The maximum absolute atomic E-state index is 13.6. The minimum absolute atomic E-state index is 0.123. The number of aromatic nitrogens is 2. The third-order valence-corrected chi connectivity index (χ3v) is 4.38. The minimum Gasteiger partial charge on any atom is -0.481 e. The van der Waals surface area contributed by atoms with Gasteiger partial charge in [-0.2, -0.15) is 5.10 Å². The Morgan fingerprint density at radius 3 is 2.84 bits per heavy atom. The molecule has 1 fully saturated rings. The van der Waals surface area contributed by atoms with Gasteiger partial charge in [0.1, 0.15) is 5.82 Å². The minimum atomic E-state index is -0.687. The molecule has 134 valence electrons. The van der Waals surface area contributed by atoms with Gasteiger partial charge in [0.25, 0.3) is 5.91 Å². The van der Waals surface area contributed by atoms with Crippen molar-refractivity contribution in [3.63, 3.8) is 0 Å². The highest BCUT2D eigenvalue weighted by Gasteiger charge is 2.26. The molecule has 1 saturated heterocycles. The summed E-state index contributed by atoms with van der Waals surface area (Å²) in [4.78, 5) is 14.1. The van der Waals surface area contributed by atoms with Crippen molar-refractivity contribution in [3.05, 3.63) is 47.3 Å². The van der Waals surface area contributed by atoms with Gasteiger partial charge in [0, 0.05) is 24.8 Å². The van der Waals surface area contributed by atoms with Crippen LogP contribution in [-0.4, -0.2) is 40.3 Å². The lowest BCUT2D eigenvalue weighted by Gasteiger charge is -2.33. The number of halogens is 2. The van der Waals surface area contributed by atoms with Crippen molar-refractivity contribution >= 4 is 5.91 Å². The highest BCUT2D eigenvalue weighted by atomic mass is 19.1. The first-order valence-corrected chi connectivity index (χ1v) is 8.32. The molecule has 7 heteroatoms. The smallest absolute Gasteiger partial charge is 0.260 e. The van der Waals surface area contributed by atoms with E-state index in [2.05, 4.69) is 5.10 Å². The second-order valence-corrected chi connectivity index (χ2v) is 6.37. The number of amides is 1. The second kappa shape index (κ2) is 7.21. The number of carbonyl (C=O) groups excluding carboxylic acids is 1. The Kier molecular flexibility index (Phi) is 5.01. The van der Waals surface area contributed by atoms with E-state index in [0.29, 0.717) is 13.1 Å². The van der Waals surface area contributed by atoms with Gasteiger partial charge in [0.15, 0.2) is 18.2 Å². The summed E-state index contributed by atoms with van der Waals surface area (Å²) in [5.41, 5.74) is 2.01. The Morgan fingerprint density at radius 2 is 2.12 bits per heavy atom. The highest BCUT2D eigenvalue weighted by molar-refractivity contribution is 5.77. The van der Waals surface area contributed by atoms with Crippen LogP contribution in [0.5, 0.6) is 5.75 Å². The van der Waals surface area contributed by atoms with Gasteiger partial charge in [-0.3, -0.25) is 9.48 Å². The lowest BCUT2D eigenvalue weighted by molar-refractivity contribution is -0.135. The van der Waals surface area contributed by atoms with E-state index in [-0.39, 0.29) is 24.3 Å². The number of likely N-dealkylation sites (tertiary alicyclic amines) is 1. The average molecular weight is 349 g/mol. The van der Waals surface area contributed by atoms with Crippen LogP contribution in [0.3, 0.4) is 0 Å². The molecule has 1 aliphatic rings. The maximum atomic E-state index is 13.6. The van der Waals surface area contributed by atoms with Crippen LogP contribution < -0.4 is 4.74 Å². The predicted octanol–water partition coefficient (Wildman–Crippen LogP) is 3.02. The first kappa shape index (κ1) is 17.4. The molecule has 1 aromatic heterocycles. The van der Waals surface area contributed by atoms with Gasteiger partial charge in [-0.05, 0) is 44.9 Å². The van der Waals surface area contributed by atoms with Crippen molar-refractivity contribution in [3.8, 4) is 5.75 Å². The average Bonchev–Trinajstić information content (AvgIpc) is 2.94. The summed E-state index contributed by atoms with van der Waals surface area (Å²) in [6.07, 6.45) is 1.81. The molecule has 25 heavy (non-hydrogen) atoms. The summed E-state index contributed by atoms with van der Waals surface area (Å²) in [7, 11) is 0. The van der Waals surface area contributed by atoms with Crippen molar-refractivity contribution in [2.24, 2.45) is 0 Å². The number of piperidine rings is 1. The fourth-order valence-electron chi connectivity index (χ4n) is 3.22. The van der Waals surface area contributed by atoms with Crippen molar-refractivity contribution in [2.45, 2.75) is 32.7 Å². The molecule has 1 atom stereocenters. The molecule has 2 heterocycles. The van der Waals surface area contributed by atoms with Crippen LogP contribution in [-0.2, 0) is 4.79 Å². The molecule has 0 aliphatic carbocycles. The molecule has 5 nitrogen and oxygen atoms in total. The molecule has 0 N–H and O–H groups in total. The van der Waals surface area contributed by atoms with Crippen molar-refractivity contribution in [1.29, 1.82) is 0 Å². The van der Waals surface area contributed by atoms with E-state index in [9.17, 15) is 13.6 Å². The van der Waals surface area contributed by atoms with E-state index in [4.69, 9.17) is 4.74 Å². The summed E-state index contributed by atoms with van der Waals surface area (Å²) in [5.74, 6) is -1.78. The van der Waals surface area contributed by atoms with Gasteiger partial charge in [-0.15, -0.1) is 0 Å². The third-order valence-electron chi connectivity index (χ3n) is 4.38. The summed E-state index contributed by atoms with van der Waals surface area (Å²) in [6.45, 7) is 4.79. The van der Waals surface area contributed by atoms with E-state index in [0.717, 1.165) is 42.4 Å². The molecule has 1 aromatic carbocycles. The zero-order chi connectivity index (χ0) is 18.0. The molecule has 1 aliphatic heterocycles. The molecular weight excluding hydrogens is 328 g/mol. The second-order valence-electron chi connectivity index (χ2n) is 6.37. The third kappa shape index (κ3) is 3.97. The Hall–Kier alpha value is -2.44. The van der Waals surface area contributed by atoms with Crippen LogP contribution in [0, 0.1) is 25.5 Å². The first-order valence-electron chi connectivity index (χ1n) is 8.32. The fourth-order valence-corrected chi connectivity index (χ4v) is 3.22. The molecule has 0 unspecified atom stereocenters. The molecule has 0 saturated carbocycles. The van der Waals surface area contributed by atoms with Crippen LogP contribution in [0.2, 0.25) is 0 Å². The Morgan fingerprint density at radius 1 is 1.32 bits per heavy atom. The summed E-state index contributed by atoms with van der Waals surface area (Å²) >= 11 is 0. The number of rotatable bonds is 4. The zero-order valence-corrected chi connectivity index (χ0v) is 14.3. The molecule has 0 radical (unpaired) electrons. The number of ether oxygens (including phenoxy) is 1. The first-order chi connectivity index (χ1) is 11.9. The Labute approximate surface area is 145 Å². The van der Waals surface area contributed by atoms with Crippen LogP contribution in [0.4, 0.5) is 8.78 Å². The van der Waals surface area contributed by atoms with Gasteiger partial charge in [0.2, 0.25) is 0 Å². The Bertz CT molecular complexity index is 776. The van der Waals surface area contributed by atoms with E-state index < -0.39 is 11.6 Å². The van der Waals surface area contributed by atoms with E-state index >= 15 is 0 Å². The molecule has 1 amide bonds. The highest BCUT2D eigenvalue weighted by Crippen LogP contribution is 2.23. The summed E-state index contributed by atoms with van der Waals surface area (Å²) < 4.78 is 33.9. The summed E-state index contributed by atoms with van der Waals surface area (Å²) in [6, 6.07) is 5.06. The zero-order valence-electron chi connectivity index (χ0n) is 14.3. The summed E-state index contributed by atoms with van der Waals surface area (Å²) in [5, 5.41) is 4.50. The van der Waals surface area contributed by atoms with Crippen LogP contribution in [0.1, 0.15) is 30.3 Å². The van der Waals surface area contributed by atoms with Gasteiger partial charge >= 0.3 is 0 Å². The van der Waals surface area contributed by atoms with E-state index in [1.807, 2.05) is 24.6 Å². The quantitative estimate of drug-likeness (QED) is 0.852. The molecule has 2 aromatic rings. The number of nitrogens with zero attached hydrogens (tertiary/aromatic N) is 3. The fraction of sp³-hybridized carbons (Fsp3) is 0.444. The molecule has 3 rings (SSSR count). The topological polar surface area (TPSA) is 47.4 Å². The maximum Gasteiger partial charge on any atom is 0.260 e. The van der Waals surface area contributed by atoms with Gasteiger partial charge in [-0.25, -0.2) is 8.78 Å². The standard InChI is InChI=1S/C18H21F2N3O2/c1-12-8-13(2)23(21-12)15-4-3-7-22(10-15)18(24)11-25-17-9-14(19)5-6-16(17)20/h5-6,8-9,15H,3-4,7,10-11H2,1-2H3/t15-/m1/s1. The van der Waals surface area contributed by atoms with Crippen LogP contribution in [0.15, 0.2) is 24.3 Å². The number of carbonyl (C=O) groups is 1. The number of hydrogen-bond donors (Lipinski definition) is 0. The number of benzene rings is 1. The van der Waals surface area contributed by atoms with Gasteiger partial charge in [-0.1, -0.05) is 0 Å². The molecule has 0 spiro atoms. The van der Waals surface area contributed by atoms with Gasteiger partial charge in [0.05, 0.1) is 11.7 Å². The SMILES string of the molecule is Cc1cc(C)n([C@@H]2CCCN(C(=O)COc3cc(F)ccc3F)C2)n1. The Balaban J connectivity index is 1.62. The normalized spacial score (nSPS) is 17.6. The van der Waals surface area contributed by atoms with Gasteiger partial charge < -0.3 is 9.64 Å². The van der Waals surface area contributed by atoms with E-state index in [1.165, 1.54) is 0 Å². The van der Waals surface area contributed by atoms with Crippen molar-refractivity contribution < 1.29 is 18.3 Å². The monoisotopic (exact) mass is 349 g/mol. The van der Waals surface area contributed by atoms with Crippen LogP contribution in [0.25, 0.3) is 0 Å². The number of hydrogen-bond acceptors (Lipinski definition) is 3. The lowest BCUT2D eigenvalue weighted by atomic mass is 10.1. The number of aryl methyl sites for hydroxylation is 2. The largest absolute Gasteiger partial charge is 0.481 e. The van der Waals surface area contributed by atoms with Crippen LogP contribution >= 0.6 is 0 Å². The van der Waals surface area contributed by atoms with E-state index in [1.54, 1.807) is 4.90 Å². The molecule has 0 bridgehead atoms. The molecular formula is C18H21F2N3O2. The van der Waals surface area contributed by atoms with Crippen molar-refractivity contribution in [2.75, 3.05) is 19.7 Å².